The van der Waals surface area contributed by atoms with Crippen molar-refractivity contribution in [2.45, 2.75) is 13.0 Å². The second-order valence-corrected chi connectivity index (χ2v) is 3.48. The van der Waals surface area contributed by atoms with Crippen LogP contribution in [0.2, 0.25) is 5.02 Å². The zero-order chi connectivity index (χ0) is 9.59. The number of rotatable bonds is 0. The molecule has 3 N–H and O–H groups in total. The van der Waals surface area contributed by atoms with E-state index >= 15 is 0 Å². The van der Waals surface area contributed by atoms with Crippen LogP contribution in [-0.4, -0.2) is 12.1 Å². The van der Waals surface area contributed by atoms with Crippen LogP contribution >= 0.6 is 11.6 Å². The summed E-state index contributed by atoms with van der Waals surface area (Å²) in [5.74, 6) is 0. The molecule has 0 saturated carbocycles. The van der Waals surface area contributed by atoms with Crippen LogP contribution in [0.1, 0.15) is 18.6 Å². The van der Waals surface area contributed by atoms with Crippen LogP contribution in [-0.2, 0) is 4.65 Å². The summed E-state index contributed by atoms with van der Waals surface area (Å²) in [6.07, 6.45) is -0.122. The summed E-state index contributed by atoms with van der Waals surface area (Å²) in [6, 6.07) is 3.55. The van der Waals surface area contributed by atoms with Gasteiger partial charge in [-0.3, -0.25) is 0 Å². The molecule has 13 heavy (non-hydrogen) atoms. The first-order chi connectivity index (χ1) is 6.11. The quantitative estimate of drug-likeness (QED) is 0.475. The molecule has 0 bridgehead atoms. The summed E-state index contributed by atoms with van der Waals surface area (Å²) in [6.45, 7) is 1.86. The van der Waals surface area contributed by atoms with Crippen LogP contribution < -0.4 is 11.2 Å². The highest BCUT2D eigenvalue weighted by Gasteiger charge is 2.35. The molecule has 0 amide bonds. The van der Waals surface area contributed by atoms with Gasteiger partial charge in [-0.2, -0.15) is 0 Å². The third kappa shape index (κ3) is 1.22. The Bertz CT molecular complexity index is 358. The molecule has 0 radical (unpaired) electrons. The Labute approximate surface area is 81.6 Å². The van der Waals surface area contributed by atoms with Gasteiger partial charge in [-0.25, -0.2) is 0 Å². The lowest BCUT2D eigenvalue weighted by molar-refractivity contribution is 0.209. The predicted molar refractivity (Wildman–Crippen MR) is 53.0 cm³/mol. The van der Waals surface area contributed by atoms with E-state index in [0.29, 0.717) is 16.2 Å². The highest BCUT2D eigenvalue weighted by Crippen LogP contribution is 2.28. The average molecular weight is 197 g/mol. The van der Waals surface area contributed by atoms with Gasteiger partial charge in [0.2, 0.25) is 0 Å². The highest BCUT2D eigenvalue weighted by atomic mass is 35.5. The van der Waals surface area contributed by atoms with E-state index in [1.54, 1.807) is 6.07 Å². The second kappa shape index (κ2) is 2.91. The smallest absolute Gasteiger partial charge is 0.423 e. The summed E-state index contributed by atoms with van der Waals surface area (Å²) >= 11 is 5.93. The molecule has 1 heterocycles. The minimum atomic E-state index is -0.944. The Kier molecular flexibility index (Phi) is 1.98. The fourth-order valence-electron chi connectivity index (χ4n) is 1.56. The molecule has 0 fully saturated rings. The van der Waals surface area contributed by atoms with Gasteiger partial charge < -0.3 is 15.4 Å². The fraction of sp³-hybridized carbons (Fsp3) is 0.250. The standard InChI is InChI=1S/C8H9BClNO2/c1-4-5-2-3-6(11)8(10)7(5)9(12)13-4/h2-4,12H,11H2,1H3. The van der Waals surface area contributed by atoms with Crippen molar-refractivity contribution in [3.8, 4) is 0 Å². The molecule has 1 atom stereocenters. The van der Waals surface area contributed by atoms with Crippen LogP contribution in [0.15, 0.2) is 12.1 Å². The van der Waals surface area contributed by atoms with Crippen LogP contribution in [0, 0.1) is 0 Å². The SMILES string of the molecule is CC1OB(O)c2c1ccc(N)c2Cl. The maximum Gasteiger partial charge on any atom is 0.493 e. The van der Waals surface area contributed by atoms with Crippen molar-refractivity contribution in [2.75, 3.05) is 5.73 Å². The number of hydrogen-bond donors (Lipinski definition) is 2. The molecule has 68 valence electrons. The lowest BCUT2D eigenvalue weighted by Gasteiger charge is -2.05. The minimum Gasteiger partial charge on any atom is -0.423 e. The molecule has 1 aromatic carbocycles. The number of nitrogen functional groups attached to an aromatic ring is 1. The molecule has 5 heteroatoms. The van der Waals surface area contributed by atoms with Gasteiger partial charge in [0.05, 0.1) is 11.1 Å². The van der Waals surface area contributed by atoms with E-state index in [2.05, 4.69) is 0 Å². The number of benzene rings is 1. The molecular formula is C8H9BClNO2. The van der Waals surface area contributed by atoms with Crippen molar-refractivity contribution in [2.24, 2.45) is 0 Å². The summed E-state index contributed by atoms with van der Waals surface area (Å²) < 4.78 is 5.18. The largest absolute Gasteiger partial charge is 0.493 e. The van der Waals surface area contributed by atoms with Gasteiger partial charge in [-0.05, 0) is 18.6 Å². The molecule has 1 unspecified atom stereocenters. The van der Waals surface area contributed by atoms with Gasteiger partial charge >= 0.3 is 7.12 Å². The van der Waals surface area contributed by atoms with E-state index in [9.17, 15) is 5.02 Å². The zero-order valence-electron chi connectivity index (χ0n) is 7.12. The first kappa shape index (κ1) is 8.87. The topological polar surface area (TPSA) is 55.5 Å². The monoisotopic (exact) mass is 197 g/mol. The Morgan fingerprint density at radius 2 is 2.31 bits per heavy atom. The lowest BCUT2D eigenvalue weighted by atomic mass is 9.79. The predicted octanol–water partition coefficient (Wildman–Crippen LogP) is 0.701. The minimum absolute atomic E-state index is 0.122. The third-order valence-electron chi connectivity index (χ3n) is 2.26. The fourth-order valence-corrected chi connectivity index (χ4v) is 1.83. The van der Waals surface area contributed by atoms with E-state index < -0.39 is 7.12 Å². The van der Waals surface area contributed by atoms with E-state index in [-0.39, 0.29) is 6.10 Å². The molecule has 2 rings (SSSR count). The van der Waals surface area contributed by atoms with Gasteiger partial charge in [0, 0.05) is 11.2 Å². The van der Waals surface area contributed by atoms with Crippen molar-refractivity contribution >= 4 is 29.9 Å². The van der Waals surface area contributed by atoms with Gasteiger partial charge in [0.25, 0.3) is 0 Å². The van der Waals surface area contributed by atoms with Crippen molar-refractivity contribution in [3.05, 3.63) is 22.7 Å². The Hall–Kier alpha value is -0.705. The lowest BCUT2D eigenvalue weighted by Crippen LogP contribution is -2.29. The first-order valence-electron chi connectivity index (χ1n) is 4.02. The third-order valence-corrected chi connectivity index (χ3v) is 2.68. The van der Waals surface area contributed by atoms with Crippen molar-refractivity contribution in [1.29, 1.82) is 0 Å². The maximum absolute atomic E-state index is 9.49. The summed E-state index contributed by atoms with van der Waals surface area (Å²) in [5, 5.41) is 9.89. The Balaban J connectivity index is 2.64. The van der Waals surface area contributed by atoms with Crippen LogP contribution in [0.5, 0.6) is 0 Å². The number of anilines is 1. The Morgan fingerprint density at radius 1 is 1.62 bits per heavy atom. The number of hydrogen-bond acceptors (Lipinski definition) is 3. The number of halogens is 1. The van der Waals surface area contributed by atoms with Crippen LogP contribution in [0.25, 0.3) is 0 Å². The normalized spacial score (nSPS) is 20.5. The number of nitrogens with two attached hydrogens (primary N) is 1. The molecule has 0 spiro atoms. The summed E-state index contributed by atoms with van der Waals surface area (Å²) in [5.41, 5.74) is 7.59. The van der Waals surface area contributed by atoms with E-state index in [1.165, 1.54) is 0 Å². The van der Waals surface area contributed by atoms with Crippen LogP contribution in [0.3, 0.4) is 0 Å². The van der Waals surface area contributed by atoms with Crippen molar-refractivity contribution in [3.63, 3.8) is 0 Å². The van der Waals surface area contributed by atoms with Gasteiger partial charge in [-0.1, -0.05) is 17.7 Å². The van der Waals surface area contributed by atoms with Gasteiger partial charge in [0.1, 0.15) is 0 Å². The van der Waals surface area contributed by atoms with E-state index in [4.69, 9.17) is 22.0 Å². The molecule has 1 aliphatic rings. The van der Waals surface area contributed by atoms with Gasteiger partial charge in [0.15, 0.2) is 0 Å². The highest BCUT2D eigenvalue weighted by molar-refractivity contribution is 6.66. The molecule has 3 nitrogen and oxygen atoms in total. The molecule has 1 aliphatic heterocycles. The second-order valence-electron chi connectivity index (χ2n) is 3.10. The van der Waals surface area contributed by atoms with Crippen molar-refractivity contribution < 1.29 is 9.68 Å². The van der Waals surface area contributed by atoms with Gasteiger partial charge in [-0.15, -0.1) is 0 Å². The van der Waals surface area contributed by atoms with E-state index in [1.807, 2.05) is 13.0 Å². The number of fused-ring (bicyclic) bond motifs is 1. The van der Waals surface area contributed by atoms with Crippen molar-refractivity contribution in [1.82, 2.24) is 0 Å². The molecule has 1 aromatic rings. The average Bonchev–Trinajstić information content (AvgIpc) is 2.35. The van der Waals surface area contributed by atoms with E-state index in [0.717, 1.165) is 5.56 Å². The zero-order valence-corrected chi connectivity index (χ0v) is 7.88. The maximum atomic E-state index is 9.49. The van der Waals surface area contributed by atoms with Crippen LogP contribution in [0.4, 0.5) is 5.69 Å². The summed E-state index contributed by atoms with van der Waals surface area (Å²) in [7, 11) is -0.944. The summed E-state index contributed by atoms with van der Waals surface area (Å²) in [4.78, 5) is 0. The molecule has 0 saturated heterocycles. The molecule has 0 aromatic heterocycles. The molecular weight excluding hydrogens is 188 g/mol. The Morgan fingerprint density at radius 3 is 3.00 bits per heavy atom. The first-order valence-corrected chi connectivity index (χ1v) is 4.40. The molecule has 0 aliphatic carbocycles.